The van der Waals surface area contributed by atoms with Crippen molar-refractivity contribution in [2.24, 2.45) is 10.9 Å². The zero-order valence-electron chi connectivity index (χ0n) is 16.3. The largest absolute Gasteiger partial charge is 0.477 e. The molecule has 0 aliphatic carbocycles. The molecular weight excluding hydrogens is 336 g/mol. The summed E-state index contributed by atoms with van der Waals surface area (Å²) in [5.74, 6) is 0.911. The SMILES string of the molecule is CC[C@H](C)C(NC(C)=O)C1=N[C@@H](Cc2ccc(-c3ccccc3)cc2)CO1. The first-order chi connectivity index (χ1) is 13.1. The fraction of sp³-hybridized carbons (Fsp3) is 0.391. The van der Waals surface area contributed by atoms with Gasteiger partial charge in [0, 0.05) is 6.92 Å². The van der Waals surface area contributed by atoms with Gasteiger partial charge >= 0.3 is 0 Å². The number of nitrogens with zero attached hydrogens (tertiary/aromatic N) is 1. The lowest BCUT2D eigenvalue weighted by Gasteiger charge is -2.22. The van der Waals surface area contributed by atoms with Crippen molar-refractivity contribution >= 4 is 11.8 Å². The quantitative estimate of drug-likeness (QED) is 0.799. The van der Waals surface area contributed by atoms with E-state index < -0.39 is 0 Å². The monoisotopic (exact) mass is 364 g/mol. The standard InChI is InChI=1S/C23H28N2O2/c1-4-16(2)22(24-17(3)26)23-25-21(15-27-23)14-18-10-12-20(13-11-18)19-8-6-5-7-9-19/h5-13,16,21-22H,4,14-15H2,1-3H3,(H,24,26)/t16-,21-,22?/m0/s1. The van der Waals surface area contributed by atoms with Gasteiger partial charge in [-0.15, -0.1) is 0 Å². The average Bonchev–Trinajstić information content (AvgIpc) is 3.15. The van der Waals surface area contributed by atoms with E-state index in [9.17, 15) is 4.79 Å². The number of nitrogens with one attached hydrogen (secondary N) is 1. The van der Waals surface area contributed by atoms with E-state index in [1.165, 1.54) is 23.6 Å². The van der Waals surface area contributed by atoms with Crippen molar-refractivity contribution in [3.63, 3.8) is 0 Å². The molecule has 1 amide bonds. The van der Waals surface area contributed by atoms with Crippen molar-refractivity contribution in [3.8, 4) is 11.1 Å². The molecule has 1 aliphatic rings. The van der Waals surface area contributed by atoms with Gasteiger partial charge in [0.2, 0.25) is 11.8 Å². The molecule has 2 aromatic carbocycles. The first-order valence-corrected chi connectivity index (χ1v) is 9.68. The molecule has 0 fully saturated rings. The number of carbonyl (C=O) groups excluding carboxylic acids is 1. The topological polar surface area (TPSA) is 50.7 Å². The molecule has 0 radical (unpaired) electrons. The summed E-state index contributed by atoms with van der Waals surface area (Å²) in [5, 5.41) is 2.99. The summed E-state index contributed by atoms with van der Waals surface area (Å²) in [6.45, 7) is 6.34. The maximum absolute atomic E-state index is 11.5. The molecule has 142 valence electrons. The minimum Gasteiger partial charge on any atom is -0.477 e. The van der Waals surface area contributed by atoms with Crippen LogP contribution in [0.15, 0.2) is 59.6 Å². The molecule has 1 unspecified atom stereocenters. The van der Waals surface area contributed by atoms with Crippen LogP contribution >= 0.6 is 0 Å². The second-order valence-electron chi connectivity index (χ2n) is 7.26. The van der Waals surface area contributed by atoms with E-state index in [0.717, 1.165) is 12.8 Å². The zero-order chi connectivity index (χ0) is 19.2. The molecule has 27 heavy (non-hydrogen) atoms. The number of hydrogen-bond donors (Lipinski definition) is 1. The van der Waals surface area contributed by atoms with Crippen LogP contribution in [0.5, 0.6) is 0 Å². The Bertz CT molecular complexity index is 784. The number of rotatable bonds is 7. The molecular formula is C23H28N2O2. The highest BCUT2D eigenvalue weighted by molar-refractivity contribution is 5.88. The molecule has 3 rings (SSSR count). The molecule has 0 saturated carbocycles. The third-order valence-corrected chi connectivity index (χ3v) is 5.10. The van der Waals surface area contributed by atoms with Gasteiger partial charge in [0.25, 0.3) is 0 Å². The number of carbonyl (C=O) groups is 1. The highest BCUT2D eigenvalue weighted by Crippen LogP contribution is 2.22. The third kappa shape index (κ3) is 4.97. The van der Waals surface area contributed by atoms with Gasteiger partial charge < -0.3 is 10.1 Å². The molecule has 0 saturated heterocycles. The van der Waals surface area contributed by atoms with Gasteiger partial charge in [0.15, 0.2) is 0 Å². The van der Waals surface area contributed by atoms with Crippen LogP contribution in [0.3, 0.4) is 0 Å². The Kier molecular flexibility index (Phi) is 6.28. The maximum atomic E-state index is 11.5. The van der Waals surface area contributed by atoms with Crippen molar-refractivity contribution in [3.05, 3.63) is 60.2 Å². The molecule has 0 bridgehead atoms. The lowest BCUT2D eigenvalue weighted by Crippen LogP contribution is -2.44. The number of aliphatic imine (C=N–C) groups is 1. The number of ether oxygens (including phenoxy) is 1. The van der Waals surface area contributed by atoms with Gasteiger partial charge in [0.1, 0.15) is 12.6 Å². The van der Waals surface area contributed by atoms with E-state index in [2.05, 4.69) is 67.7 Å². The van der Waals surface area contributed by atoms with Crippen molar-refractivity contribution in [2.45, 2.75) is 45.7 Å². The fourth-order valence-corrected chi connectivity index (χ4v) is 3.35. The van der Waals surface area contributed by atoms with Crippen LogP contribution in [0, 0.1) is 5.92 Å². The maximum Gasteiger partial charge on any atom is 0.217 e. The first-order valence-electron chi connectivity index (χ1n) is 9.68. The van der Waals surface area contributed by atoms with E-state index >= 15 is 0 Å². The van der Waals surface area contributed by atoms with E-state index in [1.54, 1.807) is 0 Å². The molecule has 1 heterocycles. The summed E-state index contributed by atoms with van der Waals surface area (Å²) in [7, 11) is 0. The summed E-state index contributed by atoms with van der Waals surface area (Å²) in [6.07, 6.45) is 1.80. The van der Waals surface area contributed by atoms with Crippen molar-refractivity contribution < 1.29 is 9.53 Å². The van der Waals surface area contributed by atoms with Crippen LogP contribution in [0.25, 0.3) is 11.1 Å². The van der Waals surface area contributed by atoms with Gasteiger partial charge in [0.05, 0.1) is 6.04 Å². The predicted octanol–water partition coefficient (Wildman–Crippen LogP) is 4.24. The molecule has 4 heteroatoms. The Morgan fingerprint density at radius 1 is 1.15 bits per heavy atom. The predicted molar refractivity (Wildman–Crippen MR) is 110 cm³/mol. The lowest BCUT2D eigenvalue weighted by molar-refractivity contribution is -0.119. The first kappa shape index (κ1) is 19.2. The number of amides is 1. The smallest absolute Gasteiger partial charge is 0.217 e. The Hall–Kier alpha value is -2.62. The Labute approximate surface area is 161 Å². The van der Waals surface area contributed by atoms with Gasteiger partial charge in [-0.25, -0.2) is 4.99 Å². The summed E-state index contributed by atoms with van der Waals surface area (Å²) < 4.78 is 5.85. The van der Waals surface area contributed by atoms with Gasteiger partial charge in [-0.2, -0.15) is 0 Å². The van der Waals surface area contributed by atoms with Gasteiger partial charge in [-0.05, 0) is 29.0 Å². The second kappa shape index (κ2) is 8.85. The van der Waals surface area contributed by atoms with Crippen LogP contribution in [0.2, 0.25) is 0 Å². The molecule has 0 spiro atoms. The molecule has 1 aliphatic heterocycles. The normalized spacial score (nSPS) is 18.3. The summed E-state index contributed by atoms with van der Waals surface area (Å²) >= 11 is 0. The fourth-order valence-electron chi connectivity index (χ4n) is 3.35. The Morgan fingerprint density at radius 3 is 2.44 bits per heavy atom. The minimum atomic E-state index is -0.141. The van der Waals surface area contributed by atoms with Gasteiger partial charge in [-0.3, -0.25) is 4.79 Å². The Balaban J connectivity index is 1.67. The van der Waals surface area contributed by atoms with Crippen LogP contribution in [0.1, 0.15) is 32.8 Å². The molecule has 3 atom stereocenters. The van der Waals surface area contributed by atoms with Gasteiger partial charge in [-0.1, -0.05) is 74.9 Å². The number of hydrogen-bond acceptors (Lipinski definition) is 3. The van der Waals surface area contributed by atoms with E-state index in [0.29, 0.717) is 12.5 Å². The summed E-state index contributed by atoms with van der Waals surface area (Å²) in [4.78, 5) is 16.3. The third-order valence-electron chi connectivity index (χ3n) is 5.10. The minimum absolute atomic E-state index is 0.0495. The van der Waals surface area contributed by atoms with E-state index in [1.807, 2.05) is 6.07 Å². The highest BCUT2D eigenvalue weighted by atomic mass is 16.5. The van der Waals surface area contributed by atoms with Crippen LogP contribution in [-0.2, 0) is 16.0 Å². The molecule has 2 aromatic rings. The molecule has 4 nitrogen and oxygen atoms in total. The average molecular weight is 364 g/mol. The van der Waals surface area contributed by atoms with Crippen molar-refractivity contribution in [1.29, 1.82) is 0 Å². The Morgan fingerprint density at radius 2 is 1.81 bits per heavy atom. The lowest BCUT2D eigenvalue weighted by atomic mass is 9.99. The summed E-state index contributed by atoms with van der Waals surface area (Å²) in [6, 6.07) is 19.0. The summed E-state index contributed by atoms with van der Waals surface area (Å²) in [5.41, 5.74) is 3.68. The van der Waals surface area contributed by atoms with Crippen LogP contribution < -0.4 is 5.32 Å². The number of benzene rings is 2. The zero-order valence-corrected chi connectivity index (χ0v) is 16.3. The highest BCUT2D eigenvalue weighted by Gasteiger charge is 2.30. The van der Waals surface area contributed by atoms with Crippen LogP contribution in [-0.4, -0.2) is 30.5 Å². The van der Waals surface area contributed by atoms with Crippen molar-refractivity contribution in [1.82, 2.24) is 5.32 Å². The molecule has 0 aromatic heterocycles. The molecule has 1 N–H and O–H groups in total. The van der Waals surface area contributed by atoms with E-state index in [4.69, 9.17) is 9.73 Å². The second-order valence-corrected chi connectivity index (χ2v) is 7.26. The van der Waals surface area contributed by atoms with E-state index in [-0.39, 0.29) is 23.9 Å². The van der Waals surface area contributed by atoms with Crippen molar-refractivity contribution in [2.75, 3.05) is 6.61 Å². The van der Waals surface area contributed by atoms with Crippen LogP contribution in [0.4, 0.5) is 0 Å².